The molecule has 0 radical (unpaired) electrons. The van der Waals surface area contributed by atoms with Crippen molar-refractivity contribution in [3.05, 3.63) is 0 Å². The number of likely N-dealkylation sites (tertiary alicyclic amines) is 1. The molecule has 1 aliphatic rings. The van der Waals surface area contributed by atoms with E-state index in [1.807, 2.05) is 0 Å². The van der Waals surface area contributed by atoms with Gasteiger partial charge < -0.3 is 10.0 Å². The lowest BCUT2D eigenvalue weighted by molar-refractivity contribution is -0.139. The maximum Gasteiger partial charge on any atom is 0.324 e. The predicted molar refractivity (Wildman–Crippen MR) is 56.7 cm³/mol. The van der Waals surface area contributed by atoms with Crippen molar-refractivity contribution in [3.63, 3.8) is 0 Å². The molecule has 1 fully saturated rings. The number of carbonyl (C=O) groups excluding carboxylic acids is 1. The summed E-state index contributed by atoms with van der Waals surface area (Å²) in [6.07, 6.45) is 0.161. The van der Waals surface area contributed by atoms with Crippen LogP contribution in [-0.4, -0.2) is 53.9 Å². The van der Waals surface area contributed by atoms with Crippen LogP contribution in [0.1, 0.15) is 20.3 Å². The highest BCUT2D eigenvalue weighted by Crippen LogP contribution is 2.28. The van der Waals surface area contributed by atoms with Crippen LogP contribution in [0.4, 0.5) is 0 Å². The van der Waals surface area contributed by atoms with Gasteiger partial charge >= 0.3 is 5.97 Å². The Kier molecular flexibility index (Phi) is 3.02. The van der Waals surface area contributed by atoms with E-state index in [9.17, 15) is 18.0 Å². The highest BCUT2D eigenvalue weighted by atomic mass is 32.2. The molecule has 1 saturated heterocycles. The van der Waals surface area contributed by atoms with Gasteiger partial charge in [0.1, 0.15) is 5.25 Å². The summed E-state index contributed by atoms with van der Waals surface area (Å²) in [5, 5.41) is 7.67. The molecule has 0 aromatic heterocycles. The van der Waals surface area contributed by atoms with E-state index in [4.69, 9.17) is 5.11 Å². The molecule has 0 saturated carbocycles. The lowest BCUT2D eigenvalue weighted by atomic mass is 10.2. The van der Waals surface area contributed by atoms with Crippen molar-refractivity contribution in [3.8, 4) is 0 Å². The molecule has 16 heavy (non-hydrogen) atoms. The van der Waals surface area contributed by atoms with Crippen molar-refractivity contribution in [1.29, 1.82) is 0 Å². The smallest absolute Gasteiger partial charge is 0.324 e. The van der Waals surface area contributed by atoms with Gasteiger partial charge in [-0.15, -0.1) is 0 Å². The number of hydrogen-bond acceptors (Lipinski definition) is 4. The first-order chi connectivity index (χ1) is 7.12. The average molecular weight is 249 g/mol. The number of carbonyl (C=O) groups is 2. The molecular weight excluding hydrogens is 234 g/mol. The fraction of sp³-hybridized carbons (Fsp3) is 0.778. The number of hydrogen-bond donors (Lipinski definition) is 1. The van der Waals surface area contributed by atoms with Crippen molar-refractivity contribution in [2.75, 3.05) is 13.6 Å². The van der Waals surface area contributed by atoms with Crippen molar-refractivity contribution in [1.82, 2.24) is 4.90 Å². The molecule has 1 heterocycles. The summed E-state index contributed by atoms with van der Waals surface area (Å²) in [6.45, 7) is 2.56. The molecule has 0 aliphatic carbocycles. The molecule has 1 amide bonds. The van der Waals surface area contributed by atoms with Crippen LogP contribution >= 0.6 is 0 Å². The van der Waals surface area contributed by atoms with Gasteiger partial charge in [0.05, 0.1) is 0 Å². The SMILES string of the molecule is CN1CCC(S(=O)(=O)C(C)(C)C(=O)O)C1=O. The fourth-order valence-electron chi connectivity index (χ4n) is 1.56. The molecule has 0 aromatic rings. The highest BCUT2D eigenvalue weighted by molar-refractivity contribution is 7.94. The molecule has 1 N–H and O–H groups in total. The van der Waals surface area contributed by atoms with Crippen LogP contribution in [0, 0.1) is 0 Å². The minimum atomic E-state index is -4.01. The van der Waals surface area contributed by atoms with Gasteiger partial charge in [0, 0.05) is 13.6 Å². The summed E-state index contributed by atoms with van der Waals surface area (Å²) in [4.78, 5) is 23.8. The Morgan fingerprint density at radius 2 is 2.00 bits per heavy atom. The van der Waals surface area contributed by atoms with E-state index in [0.717, 1.165) is 13.8 Å². The molecule has 1 rings (SSSR count). The molecule has 7 heteroatoms. The number of rotatable bonds is 3. The van der Waals surface area contributed by atoms with E-state index in [2.05, 4.69) is 0 Å². The van der Waals surface area contributed by atoms with Crippen molar-refractivity contribution >= 4 is 21.7 Å². The normalized spacial score (nSPS) is 22.6. The zero-order valence-corrected chi connectivity index (χ0v) is 10.2. The van der Waals surface area contributed by atoms with Crippen molar-refractivity contribution in [2.24, 2.45) is 0 Å². The Morgan fingerprint density at radius 1 is 1.50 bits per heavy atom. The zero-order chi connectivity index (χ0) is 12.7. The lowest BCUT2D eigenvalue weighted by Gasteiger charge is -2.23. The van der Waals surface area contributed by atoms with E-state index >= 15 is 0 Å². The summed E-state index contributed by atoms with van der Waals surface area (Å²) in [7, 11) is -2.50. The minimum absolute atomic E-state index is 0.161. The average Bonchev–Trinajstić information content (AvgIpc) is 2.47. The molecule has 1 aliphatic heterocycles. The third-order valence-electron chi connectivity index (χ3n) is 2.98. The standard InChI is InChI=1S/C9H15NO5S/c1-9(2,8(12)13)16(14,15)6-4-5-10(3)7(6)11/h6H,4-5H2,1-3H3,(H,12,13). The van der Waals surface area contributed by atoms with Gasteiger partial charge in [-0.3, -0.25) is 9.59 Å². The lowest BCUT2D eigenvalue weighted by Crippen LogP contribution is -2.48. The molecule has 6 nitrogen and oxygen atoms in total. The van der Waals surface area contributed by atoms with Crippen LogP contribution in [-0.2, 0) is 19.4 Å². The maximum absolute atomic E-state index is 12.0. The van der Waals surface area contributed by atoms with Crippen LogP contribution < -0.4 is 0 Å². The topological polar surface area (TPSA) is 91.8 Å². The second kappa shape index (κ2) is 3.73. The third kappa shape index (κ3) is 1.68. The summed E-state index contributed by atoms with van der Waals surface area (Å²) < 4.78 is 22.1. The van der Waals surface area contributed by atoms with E-state index in [-0.39, 0.29) is 6.42 Å². The highest BCUT2D eigenvalue weighted by Gasteiger charge is 2.51. The number of nitrogens with zero attached hydrogens (tertiary/aromatic N) is 1. The first-order valence-electron chi connectivity index (χ1n) is 4.84. The van der Waals surface area contributed by atoms with Crippen LogP contribution in [0.25, 0.3) is 0 Å². The Hall–Kier alpha value is -1.11. The van der Waals surface area contributed by atoms with Crippen LogP contribution in [0.3, 0.4) is 0 Å². The third-order valence-corrected chi connectivity index (χ3v) is 5.76. The first kappa shape index (κ1) is 13.0. The van der Waals surface area contributed by atoms with Gasteiger partial charge in [-0.2, -0.15) is 0 Å². The predicted octanol–water partition coefficient (Wildman–Crippen LogP) is -0.505. The number of sulfone groups is 1. The second-order valence-corrected chi connectivity index (χ2v) is 7.08. The molecular formula is C9H15NO5S. The number of carboxylic acids is 1. The molecule has 1 atom stereocenters. The molecule has 1 unspecified atom stereocenters. The van der Waals surface area contributed by atoms with Gasteiger partial charge in [0.2, 0.25) is 5.91 Å². The van der Waals surface area contributed by atoms with Crippen LogP contribution in [0.5, 0.6) is 0 Å². The Labute approximate surface area is 94.2 Å². The van der Waals surface area contributed by atoms with E-state index in [1.54, 1.807) is 0 Å². The Balaban J connectivity index is 3.14. The van der Waals surface area contributed by atoms with Gasteiger partial charge in [-0.25, -0.2) is 8.42 Å². The Bertz CT molecular complexity index is 425. The zero-order valence-electron chi connectivity index (χ0n) is 9.43. The Morgan fingerprint density at radius 3 is 2.31 bits per heavy atom. The first-order valence-corrected chi connectivity index (χ1v) is 6.39. The second-order valence-electron chi connectivity index (χ2n) is 4.40. The molecule has 0 aromatic carbocycles. The summed E-state index contributed by atoms with van der Waals surface area (Å²) in [6, 6.07) is 0. The summed E-state index contributed by atoms with van der Waals surface area (Å²) >= 11 is 0. The van der Waals surface area contributed by atoms with E-state index < -0.39 is 31.7 Å². The van der Waals surface area contributed by atoms with Crippen molar-refractivity contribution < 1.29 is 23.1 Å². The van der Waals surface area contributed by atoms with Gasteiger partial charge in [-0.1, -0.05) is 0 Å². The van der Waals surface area contributed by atoms with Gasteiger partial charge in [0.25, 0.3) is 0 Å². The monoisotopic (exact) mass is 249 g/mol. The number of aliphatic carboxylic acids is 1. The van der Waals surface area contributed by atoms with Gasteiger partial charge in [0.15, 0.2) is 14.6 Å². The van der Waals surface area contributed by atoms with Gasteiger partial charge in [-0.05, 0) is 20.3 Å². The number of carboxylic acid groups (broad SMARTS) is 1. The fourth-order valence-corrected chi connectivity index (χ4v) is 3.37. The van der Waals surface area contributed by atoms with E-state index in [1.165, 1.54) is 11.9 Å². The van der Waals surface area contributed by atoms with Crippen LogP contribution in [0.15, 0.2) is 0 Å². The maximum atomic E-state index is 12.0. The largest absolute Gasteiger partial charge is 0.480 e. The molecule has 0 spiro atoms. The summed E-state index contributed by atoms with van der Waals surface area (Å²) in [5.74, 6) is -1.95. The summed E-state index contributed by atoms with van der Waals surface area (Å²) in [5.41, 5.74) is 0. The quantitative estimate of drug-likeness (QED) is 0.727. The molecule has 92 valence electrons. The van der Waals surface area contributed by atoms with Crippen LogP contribution in [0.2, 0.25) is 0 Å². The number of amides is 1. The minimum Gasteiger partial charge on any atom is -0.480 e. The molecule has 0 bridgehead atoms. The van der Waals surface area contributed by atoms with E-state index in [0.29, 0.717) is 6.54 Å². The van der Waals surface area contributed by atoms with Crippen molar-refractivity contribution in [2.45, 2.75) is 30.3 Å².